The molecule has 5 atom stereocenters. The Balaban J connectivity index is 1.37. The summed E-state index contributed by atoms with van der Waals surface area (Å²) >= 11 is 0. The number of aliphatic imine (C=N–C) groups is 1. The molecule has 3 heterocycles. The molecule has 3 fully saturated rings. The number of hydrogen-bond donors (Lipinski definition) is 2. The van der Waals surface area contributed by atoms with E-state index in [1.807, 2.05) is 12.1 Å². The highest BCUT2D eigenvalue weighted by molar-refractivity contribution is 5.80. The molecule has 7 heteroatoms. The van der Waals surface area contributed by atoms with E-state index in [4.69, 9.17) is 14.2 Å². The van der Waals surface area contributed by atoms with Gasteiger partial charge in [-0.1, -0.05) is 0 Å². The van der Waals surface area contributed by atoms with Crippen LogP contribution in [0.3, 0.4) is 0 Å². The van der Waals surface area contributed by atoms with Crippen LogP contribution in [0.5, 0.6) is 11.5 Å². The monoisotopic (exact) mass is 375 g/mol. The Hall–Kier alpha value is -1.99. The van der Waals surface area contributed by atoms with Crippen LogP contribution in [0.4, 0.5) is 0 Å². The topological polar surface area (TPSA) is 75.6 Å². The first-order valence-corrected chi connectivity index (χ1v) is 9.65. The van der Waals surface area contributed by atoms with Crippen molar-refractivity contribution < 1.29 is 19.3 Å². The molecule has 1 aromatic rings. The van der Waals surface area contributed by atoms with Gasteiger partial charge in [-0.3, -0.25) is 4.99 Å². The smallest absolute Gasteiger partial charge is 0.193 e. The summed E-state index contributed by atoms with van der Waals surface area (Å²) < 4.78 is 16.6. The minimum atomic E-state index is -0.688. The lowest BCUT2D eigenvalue weighted by atomic mass is 9.82. The first kappa shape index (κ1) is 18.4. The molecule has 0 aliphatic carbocycles. The van der Waals surface area contributed by atoms with Crippen molar-refractivity contribution >= 4 is 5.96 Å². The van der Waals surface area contributed by atoms with Crippen molar-refractivity contribution in [3.63, 3.8) is 0 Å². The van der Waals surface area contributed by atoms with E-state index in [2.05, 4.69) is 15.2 Å². The Morgan fingerprint density at radius 3 is 2.30 bits per heavy atom. The van der Waals surface area contributed by atoms with Crippen molar-refractivity contribution in [2.24, 2.45) is 16.8 Å². The normalized spacial score (nSPS) is 30.4. The summed E-state index contributed by atoms with van der Waals surface area (Å²) in [7, 11) is 5.00. The first-order chi connectivity index (χ1) is 13.1. The van der Waals surface area contributed by atoms with Crippen molar-refractivity contribution in [3.05, 3.63) is 23.8 Å². The Kier molecular flexibility index (Phi) is 5.14. The van der Waals surface area contributed by atoms with Gasteiger partial charge in [0.1, 0.15) is 11.5 Å². The van der Waals surface area contributed by atoms with E-state index in [1.54, 1.807) is 27.3 Å². The van der Waals surface area contributed by atoms with Crippen LogP contribution in [0.15, 0.2) is 23.2 Å². The summed E-state index contributed by atoms with van der Waals surface area (Å²) in [5.41, 5.74) is 0.749. The maximum Gasteiger partial charge on any atom is 0.193 e. The largest absolute Gasteiger partial charge is 0.497 e. The van der Waals surface area contributed by atoms with E-state index in [1.165, 1.54) is 12.8 Å². The van der Waals surface area contributed by atoms with Crippen molar-refractivity contribution in [2.45, 2.75) is 31.2 Å². The zero-order chi connectivity index (χ0) is 19.0. The van der Waals surface area contributed by atoms with Gasteiger partial charge in [-0.05, 0) is 30.5 Å². The third-order valence-corrected chi connectivity index (χ3v) is 6.18. The second kappa shape index (κ2) is 7.56. The number of aliphatic hydroxyl groups excluding tert-OH is 1. The summed E-state index contributed by atoms with van der Waals surface area (Å²) in [6, 6.07) is 5.45. The highest BCUT2D eigenvalue weighted by Crippen LogP contribution is 2.47. The molecule has 3 aliphatic heterocycles. The fourth-order valence-corrected chi connectivity index (χ4v) is 4.79. The molecule has 2 bridgehead atoms. The molecule has 2 N–H and O–H groups in total. The van der Waals surface area contributed by atoms with E-state index in [-0.39, 0.29) is 0 Å². The number of ether oxygens (including phenoxy) is 3. The lowest BCUT2D eigenvalue weighted by Crippen LogP contribution is -2.42. The van der Waals surface area contributed by atoms with Crippen molar-refractivity contribution in [1.29, 1.82) is 0 Å². The second-order valence-corrected chi connectivity index (χ2v) is 7.61. The van der Waals surface area contributed by atoms with Crippen molar-refractivity contribution in [3.8, 4) is 11.5 Å². The molecule has 27 heavy (non-hydrogen) atoms. The Bertz CT molecular complexity index is 670. The minimum absolute atomic E-state index is 0.373. The zero-order valence-electron chi connectivity index (χ0n) is 16.2. The molecule has 5 unspecified atom stereocenters. The molecule has 0 saturated carbocycles. The highest BCUT2D eigenvalue weighted by atomic mass is 16.5. The van der Waals surface area contributed by atoms with E-state index in [0.29, 0.717) is 42.1 Å². The summed E-state index contributed by atoms with van der Waals surface area (Å²) in [5.74, 6) is 3.41. The fourth-order valence-electron chi connectivity index (χ4n) is 4.79. The molecule has 148 valence electrons. The Morgan fingerprint density at radius 2 is 1.78 bits per heavy atom. The molecule has 3 saturated heterocycles. The average molecular weight is 375 g/mol. The number of fused-ring (bicyclic) bond motifs is 5. The molecular weight excluding hydrogens is 346 g/mol. The number of nitrogens with zero attached hydrogens (tertiary/aromatic N) is 2. The van der Waals surface area contributed by atoms with E-state index < -0.39 is 6.10 Å². The minimum Gasteiger partial charge on any atom is -0.497 e. The van der Waals surface area contributed by atoms with Crippen LogP contribution in [-0.4, -0.2) is 69.1 Å². The van der Waals surface area contributed by atoms with Crippen LogP contribution in [-0.2, 0) is 4.74 Å². The number of likely N-dealkylation sites (tertiary alicyclic amines) is 1. The zero-order valence-corrected chi connectivity index (χ0v) is 16.2. The van der Waals surface area contributed by atoms with Gasteiger partial charge in [0.2, 0.25) is 0 Å². The number of hydrogen-bond acceptors (Lipinski definition) is 5. The van der Waals surface area contributed by atoms with Gasteiger partial charge in [-0.25, -0.2) is 0 Å². The lowest BCUT2D eigenvalue weighted by molar-refractivity contribution is 0.0766. The van der Waals surface area contributed by atoms with Gasteiger partial charge < -0.3 is 29.5 Å². The van der Waals surface area contributed by atoms with Gasteiger partial charge in [0.15, 0.2) is 5.96 Å². The van der Waals surface area contributed by atoms with E-state index in [9.17, 15) is 5.11 Å². The van der Waals surface area contributed by atoms with Crippen LogP contribution in [0, 0.1) is 11.8 Å². The number of methoxy groups -OCH3 is 2. The van der Waals surface area contributed by atoms with Gasteiger partial charge >= 0.3 is 0 Å². The van der Waals surface area contributed by atoms with Gasteiger partial charge in [-0.2, -0.15) is 0 Å². The first-order valence-electron chi connectivity index (χ1n) is 9.65. The molecule has 0 aromatic heterocycles. The molecule has 0 spiro atoms. The maximum atomic E-state index is 10.6. The van der Waals surface area contributed by atoms with Gasteiger partial charge in [-0.15, -0.1) is 0 Å². The summed E-state index contributed by atoms with van der Waals surface area (Å²) in [4.78, 5) is 6.74. The lowest BCUT2D eigenvalue weighted by Gasteiger charge is -2.24. The second-order valence-electron chi connectivity index (χ2n) is 7.61. The Labute approximate surface area is 160 Å². The number of nitrogens with one attached hydrogen (secondary N) is 1. The van der Waals surface area contributed by atoms with Crippen LogP contribution in [0.1, 0.15) is 24.5 Å². The average Bonchev–Trinajstić information content (AvgIpc) is 3.41. The summed E-state index contributed by atoms with van der Waals surface area (Å²) in [6.45, 7) is 2.33. The Morgan fingerprint density at radius 1 is 1.19 bits per heavy atom. The van der Waals surface area contributed by atoms with Gasteiger partial charge in [0.25, 0.3) is 0 Å². The summed E-state index contributed by atoms with van der Waals surface area (Å²) in [5, 5.41) is 14.0. The molecular formula is C20H29N3O4. The van der Waals surface area contributed by atoms with Crippen LogP contribution >= 0.6 is 0 Å². The molecule has 3 aliphatic rings. The molecule has 0 amide bonds. The number of rotatable bonds is 5. The quantitative estimate of drug-likeness (QED) is 0.599. The maximum absolute atomic E-state index is 10.6. The van der Waals surface area contributed by atoms with Crippen molar-refractivity contribution in [1.82, 2.24) is 10.2 Å². The molecule has 0 radical (unpaired) electrons. The third-order valence-electron chi connectivity index (χ3n) is 6.18. The fraction of sp³-hybridized carbons (Fsp3) is 0.650. The predicted molar refractivity (Wildman–Crippen MR) is 102 cm³/mol. The van der Waals surface area contributed by atoms with Gasteiger partial charge in [0.05, 0.1) is 32.5 Å². The van der Waals surface area contributed by atoms with E-state index >= 15 is 0 Å². The van der Waals surface area contributed by atoms with Crippen molar-refractivity contribution in [2.75, 3.05) is 40.9 Å². The predicted octanol–water partition coefficient (Wildman–Crippen LogP) is 1.42. The SMILES string of the molecule is CN=C(NCC(O)c1cc(OC)cc(OC)c1)N1CC2C3CCC(O3)C2C1. The van der Waals surface area contributed by atoms with Gasteiger partial charge in [0, 0.05) is 44.6 Å². The molecule has 7 nitrogen and oxygen atoms in total. The molecule has 1 aromatic carbocycles. The third kappa shape index (κ3) is 3.46. The number of guanidine groups is 1. The number of aliphatic hydroxyl groups is 1. The highest BCUT2D eigenvalue weighted by Gasteiger charge is 2.53. The standard InChI is InChI=1S/C20H29N3O4/c1-21-20(23-10-15-16(11-23)19-5-4-18(15)27-19)22-9-17(24)12-6-13(25-2)8-14(7-12)26-3/h6-8,15-19,24H,4-5,9-11H2,1-3H3,(H,21,22). The number of benzene rings is 1. The van der Waals surface area contributed by atoms with Crippen LogP contribution in [0.2, 0.25) is 0 Å². The van der Waals surface area contributed by atoms with Crippen LogP contribution < -0.4 is 14.8 Å². The summed E-state index contributed by atoms with van der Waals surface area (Å²) in [6.07, 6.45) is 2.56. The van der Waals surface area contributed by atoms with E-state index in [0.717, 1.165) is 24.6 Å². The van der Waals surface area contributed by atoms with Crippen LogP contribution in [0.25, 0.3) is 0 Å². The molecule has 4 rings (SSSR count).